The van der Waals surface area contributed by atoms with Crippen molar-refractivity contribution < 1.29 is 23.8 Å². The highest BCUT2D eigenvalue weighted by molar-refractivity contribution is 7.80. The molecule has 0 bridgehead atoms. The zero-order chi connectivity index (χ0) is 30.9. The van der Waals surface area contributed by atoms with E-state index >= 15 is 0 Å². The summed E-state index contributed by atoms with van der Waals surface area (Å²) in [6, 6.07) is 28.3. The van der Waals surface area contributed by atoms with Gasteiger partial charge in [0.05, 0.1) is 24.4 Å². The third-order valence-corrected chi connectivity index (χ3v) is 7.15. The molecule has 0 unspecified atom stereocenters. The van der Waals surface area contributed by atoms with Crippen LogP contribution >= 0.6 is 12.2 Å². The molecule has 10 heteroatoms. The maximum Gasteiger partial charge on any atom is 0.338 e. The molecule has 5 rings (SSSR count). The summed E-state index contributed by atoms with van der Waals surface area (Å²) in [4.78, 5) is 25.4. The molecular weight excluding hydrogens is 576 g/mol. The van der Waals surface area contributed by atoms with Crippen LogP contribution in [-0.2, 0) is 20.9 Å². The van der Waals surface area contributed by atoms with E-state index in [0.29, 0.717) is 45.6 Å². The summed E-state index contributed by atoms with van der Waals surface area (Å²) in [7, 11) is 0. The summed E-state index contributed by atoms with van der Waals surface area (Å²) in [5.41, 5.74) is 5.88. The van der Waals surface area contributed by atoms with Crippen LogP contribution in [0.25, 0.3) is 10.8 Å². The van der Waals surface area contributed by atoms with Crippen molar-refractivity contribution in [3.05, 3.63) is 119 Å². The molecule has 1 aliphatic heterocycles. The van der Waals surface area contributed by atoms with Gasteiger partial charge in [-0.15, -0.1) is 0 Å². The zero-order valence-electron chi connectivity index (χ0n) is 24.3. The molecule has 0 fully saturated rings. The molecule has 0 saturated heterocycles. The van der Waals surface area contributed by atoms with Crippen LogP contribution in [0.1, 0.15) is 36.6 Å². The van der Waals surface area contributed by atoms with E-state index in [4.69, 9.17) is 26.4 Å². The van der Waals surface area contributed by atoms with Crippen molar-refractivity contribution in [2.24, 2.45) is 5.10 Å². The van der Waals surface area contributed by atoms with Crippen LogP contribution in [0, 0.1) is 0 Å². The van der Waals surface area contributed by atoms with E-state index in [0.717, 1.165) is 16.3 Å². The van der Waals surface area contributed by atoms with Crippen LogP contribution in [-0.4, -0.2) is 36.4 Å². The molecule has 9 nitrogen and oxygen atoms in total. The highest BCUT2D eigenvalue weighted by atomic mass is 32.1. The van der Waals surface area contributed by atoms with Crippen molar-refractivity contribution >= 4 is 46.2 Å². The summed E-state index contributed by atoms with van der Waals surface area (Å²) < 4.78 is 17.3. The quantitative estimate of drug-likeness (QED) is 0.0911. The first-order valence-corrected chi connectivity index (χ1v) is 14.5. The number of carbonyl (C=O) groups is 2. The summed E-state index contributed by atoms with van der Waals surface area (Å²) in [5.74, 6) is 0.115. The third-order valence-electron chi connectivity index (χ3n) is 6.93. The maximum absolute atomic E-state index is 12.8. The fraction of sp³-hybridized carbons (Fsp3) is 0.176. The Kier molecular flexibility index (Phi) is 9.83. The predicted molar refractivity (Wildman–Crippen MR) is 173 cm³/mol. The van der Waals surface area contributed by atoms with Crippen molar-refractivity contribution in [1.29, 1.82) is 0 Å². The lowest BCUT2D eigenvalue weighted by atomic mass is 9.95. The van der Waals surface area contributed by atoms with Gasteiger partial charge in [-0.05, 0) is 60.6 Å². The van der Waals surface area contributed by atoms with E-state index in [9.17, 15) is 9.59 Å². The number of hydrogen-bond donors (Lipinski definition) is 3. The molecule has 1 heterocycles. The molecule has 224 valence electrons. The van der Waals surface area contributed by atoms with E-state index in [1.165, 1.54) is 6.21 Å². The summed E-state index contributed by atoms with van der Waals surface area (Å²) in [6.07, 6.45) is 1.53. The van der Waals surface area contributed by atoms with Crippen LogP contribution in [0.15, 0.2) is 107 Å². The Bertz CT molecular complexity index is 1750. The Morgan fingerprint density at radius 3 is 2.50 bits per heavy atom. The minimum absolute atomic E-state index is 0.229. The van der Waals surface area contributed by atoms with Crippen molar-refractivity contribution in [2.45, 2.75) is 26.5 Å². The monoisotopic (exact) mass is 608 g/mol. The van der Waals surface area contributed by atoms with Gasteiger partial charge in [-0.3, -0.25) is 4.79 Å². The number of fused-ring (bicyclic) bond motifs is 1. The largest absolute Gasteiger partial charge is 0.488 e. The molecule has 0 aromatic heterocycles. The van der Waals surface area contributed by atoms with Gasteiger partial charge in [0.15, 0.2) is 11.7 Å². The Labute approximate surface area is 260 Å². The topological polar surface area (TPSA) is 110 Å². The molecule has 0 saturated carbocycles. The molecule has 44 heavy (non-hydrogen) atoms. The molecule has 1 aliphatic rings. The highest BCUT2D eigenvalue weighted by Gasteiger charge is 2.32. The highest BCUT2D eigenvalue weighted by Crippen LogP contribution is 2.33. The number of nitrogens with one attached hydrogen (secondary N) is 3. The Balaban J connectivity index is 1.22. The number of esters is 1. The molecule has 0 spiro atoms. The number of allylic oxidation sites excluding steroid dienone is 1. The van der Waals surface area contributed by atoms with Crippen LogP contribution in [0.5, 0.6) is 11.5 Å². The molecular formula is C34H32N4O5S. The van der Waals surface area contributed by atoms with Gasteiger partial charge in [0.2, 0.25) is 0 Å². The molecule has 3 N–H and O–H groups in total. The van der Waals surface area contributed by atoms with Gasteiger partial charge in [0.1, 0.15) is 18.1 Å². The molecule has 4 aromatic carbocycles. The van der Waals surface area contributed by atoms with Crippen molar-refractivity contribution in [3.63, 3.8) is 0 Å². The number of amides is 1. The molecule has 4 aromatic rings. The Morgan fingerprint density at radius 2 is 1.66 bits per heavy atom. The van der Waals surface area contributed by atoms with Crippen molar-refractivity contribution in [1.82, 2.24) is 16.1 Å². The van der Waals surface area contributed by atoms with E-state index in [2.05, 4.69) is 39.4 Å². The first-order valence-electron chi connectivity index (χ1n) is 14.1. The van der Waals surface area contributed by atoms with E-state index in [1.54, 1.807) is 32.0 Å². The zero-order valence-corrected chi connectivity index (χ0v) is 25.1. The molecule has 1 amide bonds. The Hall–Kier alpha value is -5.22. The standard InChI is InChI=1S/C34H32N4O5S/c1-3-41-33(40)31-22(2)36-34(44)37-32(31)27-16-7-9-18-29(27)43-21-30(39)38-35-19-24-12-5-8-17-28(24)42-20-25-14-10-13-23-11-4-6-15-26(23)25/h4-19,32H,3,20-21H2,1-2H3,(H,38,39)(H2,36,37,44)/t32-/m1/s1. The first kappa shape index (κ1) is 30.2. The normalized spacial score (nSPS) is 14.6. The summed E-state index contributed by atoms with van der Waals surface area (Å²) in [5, 5.41) is 12.9. The van der Waals surface area contributed by atoms with Crippen LogP contribution in [0.2, 0.25) is 0 Å². The second-order valence-electron chi connectivity index (χ2n) is 9.88. The Morgan fingerprint density at radius 1 is 0.932 bits per heavy atom. The average Bonchev–Trinajstić information content (AvgIpc) is 3.03. The van der Waals surface area contributed by atoms with Gasteiger partial charge in [0, 0.05) is 16.8 Å². The number of nitrogens with zero attached hydrogens (tertiary/aromatic N) is 1. The first-order chi connectivity index (χ1) is 21.4. The minimum Gasteiger partial charge on any atom is -0.488 e. The maximum atomic E-state index is 12.8. The van der Waals surface area contributed by atoms with Crippen molar-refractivity contribution in [2.75, 3.05) is 13.2 Å². The van der Waals surface area contributed by atoms with Gasteiger partial charge in [-0.1, -0.05) is 72.8 Å². The number of para-hydroxylation sites is 2. The smallest absolute Gasteiger partial charge is 0.338 e. The lowest BCUT2D eigenvalue weighted by Crippen LogP contribution is -2.45. The van der Waals surface area contributed by atoms with Crippen LogP contribution in [0.4, 0.5) is 0 Å². The fourth-order valence-electron chi connectivity index (χ4n) is 4.90. The molecule has 0 radical (unpaired) electrons. The minimum atomic E-state index is -0.620. The lowest BCUT2D eigenvalue weighted by molar-refractivity contribution is -0.139. The lowest BCUT2D eigenvalue weighted by Gasteiger charge is -2.30. The molecule has 1 atom stereocenters. The number of ether oxygens (including phenoxy) is 3. The fourth-order valence-corrected chi connectivity index (χ4v) is 5.17. The van der Waals surface area contributed by atoms with Gasteiger partial charge in [0.25, 0.3) is 5.91 Å². The number of thiocarbonyl (C=S) groups is 1. The van der Waals surface area contributed by atoms with Gasteiger partial charge in [-0.25, -0.2) is 10.2 Å². The number of hydrogen-bond acceptors (Lipinski definition) is 7. The summed E-state index contributed by atoms with van der Waals surface area (Å²) in [6.45, 7) is 3.81. The summed E-state index contributed by atoms with van der Waals surface area (Å²) >= 11 is 5.33. The molecule has 0 aliphatic carbocycles. The number of benzene rings is 4. The van der Waals surface area contributed by atoms with Gasteiger partial charge >= 0.3 is 5.97 Å². The van der Waals surface area contributed by atoms with Crippen LogP contribution in [0.3, 0.4) is 0 Å². The second kappa shape index (κ2) is 14.3. The van der Waals surface area contributed by atoms with E-state index < -0.39 is 17.9 Å². The number of hydrazone groups is 1. The van der Waals surface area contributed by atoms with Crippen molar-refractivity contribution in [3.8, 4) is 11.5 Å². The average molecular weight is 609 g/mol. The van der Waals surface area contributed by atoms with Gasteiger partial charge in [-0.2, -0.15) is 5.10 Å². The number of rotatable bonds is 11. The van der Waals surface area contributed by atoms with Crippen LogP contribution < -0.4 is 25.5 Å². The second-order valence-corrected chi connectivity index (χ2v) is 10.3. The third kappa shape index (κ3) is 7.22. The van der Waals surface area contributed by atoms with Gasteiger partial charge < -0.3 is 24.8 Å². The van der Waals surface area contributed by atoms with E-state index in [1.807, 2.05) is 54.6 Å². The SMILES string of the molecule is CCOC(=O)C1=C(C)NC(=S)N[C@@H]1c1ccccc1OCC(=O)NN=Cc1ccccc1OCc1cccc2ccccc12. The van der Waals surface area contributed by atoms with E-state index in [-0.39, 0.29) is 13.2 Å². The predicted octanol–water partition coefficient (Wildman–Crippen LogP) is 5.30. The number of carbonyl (C=O) groups excluding carboxylic acids is 2.